The van der Waals surface area contributed by atoms with Crippen LogP contribution in [0.2, 0.25) is 0 Å². The summed E-state index contributed by atoms with van der Waals surface area (Å²) in [5, 5.41) is 3.31. The van der Waals surface area contributed by atoms with Crippen molar-refractivity contribution in [2.24, 2.45) is 4.99 Å². The number of hydrogen-bond acceptors (Lipinski definition) is 3. The summed E-state index contributed by atoms with van der Waals surface area (Å²) < 4.78 is 24.5. The van der Waals surface area contributed by atoms with E-state index in [2.05, 4.69) is 15.2 Å². The monoisotopic (exact) mass is 459 g/mol. The van der Waals surface area contributed by atoms with Crippen molar-refractivity contribution in [3.63, 3.8) is 0 Å². The highest BCUT2D eigenvalue weighted by molar-refractivity contribution is 14.0. The largest absolute Gasteiger partial charge is 0.467 e. The van der Waals surface area contributed by atoms with E-state index in [1.54, 1.807) is 25.4 Å². The van der Waals surface area contributed by atoms with Gasteiger partial charge in [-0.25, -0.2) is 4.39 Å². The fourth-order valence-corrected chi connectivity index (χ4v) is 2.90. The molecule has 0 bridgehead atoms. The van der Waals surface area contributed by atoms with Crippen molar-refractivity contribution in [3.05, 3.63) is 59.8 Å². The van der Waals surface area contributed by atoms with Crippen molar-refractivity contribution in [2.45, 2.75) is 25.7 Å². The van der Waals surface area contributed by atoms with E-state index >= 15 is 0 Å². The van der Waals surface area contributed by atoms with Gasteiger partial charge in [-0.3, -0.25) is 4.99 Å². The third kappa shape index (κ3) is 5.18. The average Bonchev–Trinajstić information content (AvgIpc) is 3.09. The second kappa shape index (κ2) is 9.19. The van der Waals surface area contributed by atoms with Crippen LogP contribution in [0.5, 0.6) is 0 Å². The highest BCUT2D eigenvalue weighted by Crippen LogP contribution is 2.25. The van der Waals surface area contributed by atoms with Crippen molar-refractivity contribution < 1.29 is 13.5 Å². The Hall–Kier alpha value is -1.61. The quantitative estimate of drug-likeness (QED) is 0.433. The van der Waals surface area contributed by atoms with E-state index in [4.69, 9.17) is 9.15 Å². The van der Waals surface area contributed by atoms with Crippen LogP contribution in [0.3, 0.4) is 0 Å². The molecule has 1 aliphatic rings. The van der Waals surface area contributed by atoms with Gasteiger partial charge in [0.1, 0.15) is 17.7 Å². The maximum Gasteiger partial charge on any atom is 0.194 e. The SMILES string of the molecule is CN=C(NCc1ccco1)N1CC(C)OC(c2ccc(F)cc2)C1.I. The van der Waals surface area contributed by atoms with Gasteiger partial charge in [-0.15, -0.1) is 24.0 Å². The van der Waals surface area contributed by atoms with Crippen LogP contribution < -0.4 is 5.32 Å². The third-order valence-electron chi connectivity index (χ3n) is 4.01. The summed E-state index contributed by atoms with van der Waals surface area (Å²) in [5.74, 6) is 1.41. The molecule has 0 aliphatic carbocycles. The number of furan rings is 1. The Bertz CT molecular complexity index is 676. The van der Waals surface area contributed by atoms with Crippen molar-refractivity contribution in [1.82, 2.24) is 10.2 Å². The number of nitrogens with one attached hydrogen (secondary N) is 1. The second-order valence-electron chi connectivity index (χ2n) is 5.87. The lowest BCUT2D eigenvalue weighted by molar-refractivity contribution is -0.0605. The van der Waals surface area contributed by atoms with Gasteiger partial charge >= 0.3 is 0 Å². The average molecular weight is 459 g/mol. The van der Waals surface area contributed by atoms with E-state index < -0.39 is 0 Å². The van der Waals surface area contributed by atoms with Crippen molar-refractivity contribution in [3.8, 4) is 0 Å². The van der Waals surface area contributed by atoms with Gasteiger partial charge in [-0.1, -0.05) is 12.1 Å². The minimum Gasteiger partial charge on any atom is -0.467 e. The molecule has 5 nitrogen and oxygen atoms in total. The van der Waals surface area contributed by atoms with E-state index in [0.29, 0.717) is 13.1 Å². The molecule has 0 spiro atoms. The Balaban J connectivity index is 0.00000225. The molecule has 1 saturated heterocycles. The van der Waals surface area contributed by atoms with Gasteiger partial charge in [0.05, 0.1) is 25.5 Å². The van der Waals surface area contributed by atoms with Gasteiger partial charge in [-0.05, 0) is 36.8 Å². The molecule has 2 unspecified atom stereocenters. The topological polar surface area (TPSA) is 50.0 Å². The minimum atomic E-state index is -0.240. The van der Waals surface area contributed by atoms with Crippen molar-refractivity contribution in [2.75, 3.05) is 20.1 Å². The number of morpholine rings is 1. The van der Waals surface area contributed by atoms with Gasteiger partial charge in [0.15, 0.2) is 5.96 Å². The van der Waals surface area contributed by atoms with Crippen LogP contribution >= 0.6 is 24.0 Å². The first kappa shape index (κ1) is 19.7. The molecular weight excluding hydrogens is 436 g/mol. The number of nitrogens with zero attached hydrogens (tertiary/aromatic N) is 2. The van der Waals surface area contributed by atoms with Gasteiger partial charge in [0.25, 0.3) is 0 Å². The van der Waals surface area contributed by atoms with Gasteiger partial charge < -0.3 is 19.4 Å². The molecule has 2 heterocycles. The van der Waals surface area contributed by atoms with Crippen molar-refractivity contribution >= 4 is 29.9 Å². The minimum absolute atomic E-state index is 0. The van der Waals surface area contributed by atoms with Gasteiger partial charge in [0, 0.05) is 13.6 Å². The molecule has 2 aromatic rings. The lowest BCUT2D eigenvalue weighted by Crippen LogP contribution is -2.50. The molecule has 0 amide bonds. The summed E-state index contributed by atoms with van der Waals surface area (Å²) in [4.78, 5) is 6.52. The molecule has 2 atom stereocenters. The first-order chi connectivity index (χ1) is 11.7. The molecule has 3 rings (SSSR count). The highest BCUT2D eigenvalue weighted by atomic mass is 127. The van der Waals surface area contributed by atoms with Gasteiger partial charge in [-0.2, -0.15) is 0 Å². The number of halogens is 2. The predicted molar refractivity (Wildman–Crippen MR) is 106 cm³/mol. The van der Waals surface area contributed by atoms with Crippen LogP contribution in [0.4, 0.5) is 4.39 Å². The third-order valence-corrected chi connectivity index (χ3v) is 4.01. The molecule has 7 heteroatoms. The molecular formula is C18H23FIN3O2. The lowest BCUT2D eigenvalue weighted by atomic mass is 10.1. The standard InChI is InChI=1S/C18H22FN3O2.HI/c1-13-11-22(18(20-2)21-10-16-4-3-9-23-16)12-17(24-13)14-5-7-15(19)8-6-14;/h3-9,13,17H,10-12H2,1-2H3,(H,20,21);1H. The van der Waals surface area contributed by atoms with Crippen LogP contribution in [-0.4, -0.2) is 37.1 Å². The molecule has 25 heavy (non-hydrogen) atoms. The number of guanidine groups is 1. The Morgan fingerprint density at radius 2 is 2.04 bits per heavy atom. The van der Waals surface area contributed by atoms with Crippen LogP contribution in [-0.2, 0) is 11.3 Å². The summed E-state index contributed by atoms with van der Waals surface area (Å²) in [6.45, 7) is 4.01. The highest BCUT2D eigenvalue weighted by Gasteiger charge is 2.28. The molecule has 136 valence electrons. The maximum atomic E-state index is 13.1. The number of hydrogen-bond donors (Lipinski definition) is 1. The molecule has 1 aromatic heterocycles. The first-order valence-corrected chi connectivity index (χ1v) is 8.04. The smallest absolute Gasteiger partial charge is 0.194 e. The maximum absolute atomic E-state index is 13.1. The number of aliphatic imine (C=N–C) groups is 1. The number of ether oxygens (including phenoxy) is 1. The normalized spacial score (nSPS) is 20.9. The fourth-order valence-electron chi connectivity index (χ4n) is 2.90. The fraction of sp³-hybridized carbons (Fsp3) is 0.389. The lowest BCUT2D eigenvalue weighted by Gasteiger charge is -2.38. The van der Waals surface area contributed by atoms with E-state index in [9.17, 15) is 4.39 Å². The zero-order chi connectivity index (χ0) is 16.9. The number of benzene rings is 1. The summed E-state index contributed by atoms with van der Waals surface area (Å²) >= 11 is 0. The van der Waals surface area contributed by atoms with E-state index in [0.717, 1.165) is 23.8 Å². The van der Waals surface area contributed by atoms with Crippen LogP contribution in [0.15, 0.2) is 52.1 Å². The first-order valence-electron chi connectivity index (χ1n) is 8.04. The summed E-state index contributed by atoms with van der Waals surface area (Å²) in [6.07, 6.45) is 1.59. The van der Waals surface area contributed by atoms with Crippen LogP contribution in [0.1, 0.15) is 24.4 Å². The molecule has 1 aromatic carbocycles. The molecule has 1 aliphatic heterocycles. The zero-order valence-electron chi connectivity index (χ0n) is 14.3. The van der Waals surface area contributed by atoms with Crippen molar-refractivity contribution in [1.29, 1.82) is 0 Å². The number of rotatable bonds is 3. The Morgan fingerprint density at radius 3 is 2.68 bits per heavy atom. The second-order valence-corrected chi connectivity index (χ2v) is 5.87. The Labute approximate surface area is 164 Å². The Morgan fingerprint density at radius 1 is 1.28 bits per heavy atom. The molecule has 1 fully saturated rings. The van der Waals surface area contributed by atoms with Crippen LogP contribution in [0, 0.1) is 5.82 Å². The molecule has 0 saturated carbocycles. The molecule has 1 N–H and O–H groups in total. The van der Waals surface area contributed by atoms with Crippen LogP contribution in [0.25, 0.3) is 0 Å². The van der Waals surface area contributed by atoms with E-state index in [-0.39, 0.29) is 42.0 Å². The van der Waals surface area contributed by atoms with E-state index in [1.165, 1.54) is 12.1 Å². The summed E-state index contributed by atoms with van der Waals surface area (Å²) in [7, 11) is 1.76. The summed E-state index contributed by atoms with van der Waals surface area (Å²) in [6, 6.07) is 10.3. The Kier molecular flexibility index (Phi) is 7.24. The van der Waals surface area contributed by atoms with E-state index in [1.807, 2.05) is 19.1 Å². The summed E-state index contributed by atoms with van der Waals surface area (Å²) in [5.41, 5.74) is 0.967. The van der Waals surface area contributed by atoms with Gasteiger partial charge in [0.2, 0.25) is 0 Å². The molecule has 0 radical (unpaired) electrons. The zero-order valence-corrected chi connectivity index (χ0v) is 16.6. The predicted octanol–water partition coefficient (Wildman–Crippen LogP) is 3.57.